The lowest BCUT2D eigenvalue weighted by Crippen LogP contribution is -2.38. The van der Waals surface area contributed by atoms with Crippen molar-refractivity contribution in [1.82, 2.24) is 10.2 Å². The quantitative estimate of drug-likeness (QED) is 0.112. The van der Waals surface area contributed by atoms with Crippen molar-refractivity contribution in [2.45, 2.75) is 6.42 Å². The minimum Gasteiger partial charge on any atom is -0.379 e. The average Bonchev–Trinajstić information content (AvgIpc) is 2.84. The van der Waals surface area contributed by atoms with Crippen LogP contribution in [-0.2, 0) is 33.3 Å². The molecule has 17 nitrogen and oxygen atoms in total. The van der Waals surface area contributed by atoms with E-state index in [1.807, 2.05) is 0 Å². The highest BCUT2D eigenvalue weighted by Gasteiger charge is 2.31. The maximum atomic E-state index is 13.2. The summed E-state index contributed by atoms with van der Waals surface area (Å²) in [5.74, 6) is -0.850. The molecule has 19 heteroatoms. The van der Waals surface area contributed by atoms with Gasteiger partial charge in [-0.05, 0) is 13.0 Å². The first kappa shape index (κ1) is 32.2. The van der Waals surface area contributed by atoms with Crippen molar-refractivity contribution in [3.05, 3.63) is 37.9 Å². The van der Waals surface area contributed by atoms with Crippen LogP contribution in [0.2, 0.25) is 0 Å². The second-order valence-electron chi connectivity index (χ2n) is 8.48. The van der Waals surface area contributed by atoms with Crippen LogP contribution >= 0.6 is 0 Å². The van der Waals surface area contributed by atoms with Gasteiger partial charge in [0, 0.05) is 38.8 Å². The number of benzene rings is 1. The Morgan fingerprint density at radius 2 is 1.59 bits per heavy atom. The van der Waals surface area contributed by atoms with Gasteiger partial charge < -0.3 is 15.0 Å². The number of rotatable bonds is 16. The number of amides is 1. The number of nitro benzene ring substituents is 2. The molecule has 1 N–H and O–H groups in total. The molecule has 2 rings (SSSR count). The fourth-order valence-electron chi connectivity index (χ4n) is 3.71. The van der Waals surface area contributed by atoms with Gasteiger partial charge in [-0.3, -0.25) is 38.3 Å². The van der Waals surface area contributed by atoms with Gasteiger partial charge in [0.05, 0.1) is 60.4 Å². The lowest BCUT2D eigenvalue weighted by molar-refractivity contribution is -0.393. The molecule has 1 aromatic carbocycles. The second-order valence-corrected chi connectivity index (χ2v) is 11.8. The predicted molar refractivity (Wildman–Crippen MR) is 138 cm³/mol. The van der Waals surface area contributed by atoms with E-state index in [0.29, 0.717) is 32.2 Å². The largest absolute Gasteiger partial charge is 0.379 e. The van der Waals surface area contributed by atoms with Crippen LogP contribution in [0.25, 0.3) is 0 Å². The third-order valence-corrected chi connectivity index (χ3v) is 6.59. The van der Waals surface area contributed by atoms with Crippen molar-refractivity contribution in [2.24, 2.45) is 0 Å². The van der Waals surface area contributed by atoms with Crippen molar-refractivity contribution >= 4 is 43.2 Å². The number of morpholine rings is 1. The van der Waals surface area contributed by atoms with Crippen molar-refractivity contribution in [2.75, 3.05) is 83.1 Å². The number of nitrogens with zero attached hydrogens (tertiary/aromatic N) is 4. The summed E-state index contributed by atoms with van der Waals surface area (Å²) in [5.41, 5.74) is -2.35. The van der Waals surface area contributed by atoms with E-state index in [1.54, 1.807) is 0 Å². The molecule has 0 saturated carbocycles. The molecule has 0 aliphatic carbocycles. The molecule has 0 spiro atoms. The third-order valence-electron chi connectivity index (χ3n) is 5.40. The van der Waals surface area contributed by atoms with Gasteiger partial charge in [0.1, 0.15) is 5.69 Å². The number of carbonyl (C=O) groups is 1. The maximum absolute atomic E-state index is 13.2. The number of hydrogen-bond donors (Lipinski definition) is 1. The van der Waals surface area contributed by atoms with Gasteiger partial charge in [0.25, 0.3) is 37.5 Å². The van der Waals surface area contributed by atoms with Gasteiger partial charge >= 0.3 is 0 Å². The maximum Gasteiger partial charge on any atom is 0.300 e. The average molecular weight is 598 g/mol. The Morgan fingerprint density at radius 1 is 1.03 bits per heavy atom. The highest BCUT2D eigenvalue weighted by Crippen LogP contribution is 2.36. The van der Waals surface area contributed by atoms with Crippen LogP contribution in [0.4, 0.5) is 17.1 Å². The number of hydrogen-bond acceptors (Lipinski definition) is 14. The number of nitrogens with one attached hydrogen (secondary N) is 1. The van der Waals surface area contributed by atoms with Crippen molar-refractivity contribution < 1.29 is 44.6 Å². The molecule has 0 bridgehead atoms. The Morgan fingerprint density at radius 3 is 2.08 bits per heavy atom. The van der Waals surface area contributed by atoms with Crippen LogP contribution in [0.5, 0.6) is 0 Å². The van der Waals surface area contributed by atoms with Crippen LogP contribution in [0, 0.1) is 20.2 Å². The molecule has 1 fully saturated rings. The van der Waals surface area contributed by atoms with Crippen molar-refractivity contribution in [3.63, 3.8) is 0 Å². The molecule has 1 saturated heterocycles. The van der Waals surface area contributed by atoms with Crippen LogP contribution < -0.4 is 10.2 Å². The highest BCUT2D eigenvalue weighted by atomic mass is 32.2. The first-order chi connectivity index (χ1) is 18.2. The van der Waals surface area contributed by atoms with Crippen LogP contribution in [0.1, 0.15) is 16.8 Å². The fraction of sp³-hybridized carbons (Fsp3) is 0.650. The Labute approximate surface area is 225 Å². The van der Waals surface area contributed by atoms with Gasteiger partial charge in [0.15, 0.2) is 0 Å². The summed E-state index contributed by atoms with van der Waals surface area (Å²) >= 11 is 0. The molecular weight excluding hydrogens is 566 g/mol. The molecular formula is C20H31N5O12S2. The molecule has 1 amide bonds. The molecule has 0 radical (unpaired) electrons. The summed E-state index contributed by atoms with van der Waals surface area (Å²) in [7, 11) is -7.82. The molecule has 0 atom stereocenters. The first-order valence-electron chi connectivity index (χ1n) is 11.7. The molecule has 220 valence electrons. The van der Waals surface area contributed by atoms with E-state index in [2.05, 4.69) is 10.2 Å². The van der Waals surface area contributed by atoms with E-state index in [-0.39, 0.29) is 25.3 Å². The number of non-ortho nitro benzene ring substituents is 1. The Hall–Kier alpha value is -2.97. The second kappa shape index (κ2) is 14.4. The van der Waals surface area contributed by atoms with E-state index in [4.69, 9.17) is 13.1 Å². The van der Waals surface area contributed by atoms with Crippen molar-refractivity contribution in [1.29, 1.82) is 0 Å². The predicted octanol–water partition coefficient (Wildman–Crippen LogP) is -0.286. The number of nitro groups is 2. The van der Waals surface area contributed by atoms with Gasteiger partial charge in [-0.15, -0.1) is 0 Å². The molecule has 0 unspecified atom stereocenters. The standard InChI is InChI=1S/C20H31N5O12S2/c1-38(31,32)36-12-8-23(9-13-37-39(2,33)34)19-17(14-16(24(27)28)15-18(19)25(29)30)20(26)21-4-3-5-22-6-10-35-11-7-22/h14-15H,3-13H2,1-2H3,(H,21,26). The molecule has 1 aromatic rings. The summed E-state index contributed by atoms with van der Waals surface area (Å²) in [5, 5.41) is 26.0. The number of ether oxygens (including phenoxy) is 1. The zero-order valence-corrected chi connectivity index (χ0v) is 23.1. The smallest absolute Gasteiger partial charge is 0.300 e. The normalized spacial score (nSPS) is 14.6. The van der Waals surface area contributed by atoms with Gasteiger partial charge in [-0.2, -0.15) is 16.8 Å². The monoisotopic (exact) mass is 597 g/mol. The first-order valence-corrected chi connectivity index (χ1v) is 15.3. The molecule has 1 heterocycles. The molecule has 1 aliphatic rings. The zero-order chi connectivity index (χ0) is 29.2. The molecule has 39 heavy (non-hydrogen) atoms. The van der Waals surface area contributed by atoms with Crippen LogP contribution in [-0.4, -0.2) is 116 Å². The van der Waals surface area contributed by atoms with Gasteiger partial charge in [-0.1, -0.05) is 0 Å². The van der Waals surface area contributed by atoms with E-state index in [9.17, 15) is 41.9 Å². The third kappa shape index (κ3) is 11.3. The fourth-order valence-corrected chi connectivity index (χ4v) is 4.47. The lowest BCUT2D eigenvalue weighted by atomic mass is 10.1. The lowest BCUT2D eigenvalue weighted by Gasteiger charge is -2.27. The van der Waals surface area contributed by atoms with Crippen LogP contribution in [0.15, 0.2) is 12.1 Å². The molecule has 0 aromatic heterocycles. The summed E-state index contributed by atoms with van der Waals surface area (Å²) in [6.45, 7) is 1.67. The summed E-state index contributed by atoms with van der Waals surface area (Å²) in [6, 6.07) is 1.52. The van der Waals surface area contributed by atoms with Gasteiger partial charge in [0.2, 0.25) is 0 Å². The Bertz CT molecular complexity index is 1210. The summed E-state index contributed by atoms with van der Waals surface area (Å²) in [6.07, 6.45) is 2.09. The van der Waals surface area contributed by atoms with Crippen LogP contribution in [0.3, 0.4) is 0 Å². The molecule has 1 aliphatic heterocycles. The van der Waals surface area contributed by atoms with E-state index >= 15 is 0 Å². The zero-order valence-electron chi connectivity index (χ0n) is 21.4. The summed E-state index contributed by atoms with van der Waals surface area (Å²) in [4.78, 5) is 38.0. The van der Waals surface area contributed by atoms with E-state index in [1.165, 1.54) is 0 Å². The number of carbonyl (C=O) groups excluding carboxylic acids is 1. The summed E-state index contributed by atoms with van der Waals surface area (Å²) < 4.78 is 60.4. The Balaban J connectivity index is 2.40. The minimum absolute atomic E-state index is 0.153. The van der Waals surface area contributed by atoms with Crippen molar-refractivity contribution in [3.8, 4) is 0 Å². The van der Waals surface area contributed by atoms with Gasteiger partial charge in [-0.25, -0.2) is 0 Å². The highest BCUT2D eigenvalue weighted by molar-refractivity contribution is 7.86. The SMILES string of the molecule is CS(=O)(=O)OCCN(CCOS(C)(=O)=O)c1c(C(=O)NCCCN2CCOCC2)cc([N+](=O)[O-])cc1[N+](=O)[O-]. The minimum atomic E-state index is -3.91. The number of anilines is 1. The topological polar surface area (TPSA) is 218 Å². The van der Waals surface area contributed by atoms with E-state index in [0.717, 1.165) is 36.6 Å². The van der Waals surface area contributed by atoms with E-state index < -0.39 is 66.1 Å². The Kier molecular flexibility index (Phi) is 11.9.